The number of carbonyl (C=O) groups excluding carboxylic acids is 2. The molecule has 7 nitrogen and oxygen atoms in total. The van der Waals surface area contributed by atoms with Crippen LogP contribution in [0.4, 0.5) is 5.00 Å². The van der Waals surface area contributed by atoms with Crippen LogP contribution in [0, 0.1) is 0 Å². The number of nitrogens with zero attached hydrogens (tertiary/aromatic N) is 2. The quantitative estimate of drug-likeness (QED) is 0.592. The van der Waals surface area contributed by atoms with Gasteiger partial charge in [-0.15, -0.1) is 11.3 Å². The molecule has 0 fully saturated rings. The van der Waals surface area contributed by atoms with Gasteiger partial charge in [0.25, 0.3) is 5.91 Å². The van der Waals surface area contributed by atoms with Crippen LogP contribution < -0.4 is 15.8 Å². The highest BCUT2D eigenvalue weighted by molar-refractivity contribution is 8.00. The van der Waals surface area contributed by atoms with Crippen molar-refractivity contribution in [1.29, 1.82) is 0 Å². The second-order valence-electron chi connectivity index (χ2n) is 5.56. The van der Waals surface area contributed by atoms with Crippen molar-refractivity contribution in [3.8, 4) is 11.4 Å². The number of anilines is 1. The van der Waals surface area contributed by atoms with Crippen LogP contribution >= 0.6 is 23.1 Å². The number of rotatable bonds is 7. The lowest BCUT2D eigenvalue weighted by Crippen LogP contribution is -2.24. The first-order valence-electron chi connectivity index (χ1n) is 8.02. The van der Waals surface area contributed by atoms with Crippen molar-refractivity contribution in [2.45, 2.75) is 17.3 Å². The zero-order valence-electron chi connectivity index (χ0n) is 14.7. The number of nitrogens with one attached hydrogen (secondary N) is 1. The third-order valence-electron chi connectivity index (χ3n) is 3.76. The Labute approximate surface area is 164 Å². The van der Waals surface area contributed by atoms with Crippen LogP contribution in [0.1, 0.15) is 17.3 Å². The molecule has 0 aliphatic rings. The molecule has 2 amide bonds. The van der Waals surface area contributed by atoms with Gasteiger partial charge in [-0.05, 0) is 30.5 Å². The van der Waals surface area contributed by atoms with Gasteiger partial charge in [0.05, 0.1) is 23.6 Å². The van der Waals surface area contributed by atoms with Crippen LogP contribution in [0.25, 0.3) is 5.69 Å². The van der Waals surface area contributed by atoms with E-state index in [9.17, 15) is 9.59 Å². The van der Waals surface area contributed by atoms with Gasteiger partial charge >= 0.3 is 0 Å². The lowest BCUT2D eigenvalue weighted by molar-refractivity contribution is -0.115. The summed E-state index contributed by atoms with van der Waals surface area (Å²) < 4.78 is 7.15. The minimum atomic E-state index is -0.569. The summed E-state index contributed by atoms with van der Waals surface area (Å²) in [5.74, 6) is -0.0646. The number of thioether (sulfide) groups is 1. The molecule has 140 valence electrons. The molecule has 1 unspecified atom stereocenters. The number of carbonyl (C=O) groups is 2. The monoisotopic (exact) mass is 402 g/mol. The van der Waals surface area contributed by atoms with Gasteiger partial charge in [0, 0.05) is 18.5 Å². The molecule has 3 N–H and O–H groups in total. The average molecular weight is 403 g/mol. The van der Waals surface area contributed by atoms with Gasteiger partial charge in [0.1, 0.15) is 10.8 Å². The second kappa shape index (κ2) is 8.28. The van der Waals surface area contributed by atoms with Crippen molar-refractivity contribution in [2.24, 2.45) is 5.73 Å². The third kappa shape index (κ3) is 4.32. The van der Waals surface area contributed by atoms with Gasteiger partial charge in [-0.3, -0.25) is 14.2 Å². The maximum Gasteiger partial charge on any atom is 0.251 e. The molecule has 1 aromatic carbocycles. The molecule has 1 atom stereocenters. The van der Waals surface area contributed by atoms with Gasteiger partial charge in [-0.2, -0.15) is 0 Å². The maximum absolute atomic E-state index is 12.5. The molecule has 2 aromatic heterocycles. The Kier molecular flexibility index (Phi) is 5.82. The van der Waals surface area contributed by atoms with E-state index in [1.165, 1.54) is 23.1 Å². The molecule has 0 bridgehead atoms. The van der Waals surface area contributed by atoms with Crippen molar-refractivity contribution in [1.82, 2.24) is 9.55 Å². The summed E-state index contributed by atoms with van der Waals surface area (Å²) in [5.41, 5.74) is 6.51. The van der Waals surface area contributed by atoms with Crippen molar-refractivity contribution < 1.29 is 14.3 Å². The van der Waals surface area contributed by atoms with Crippen molar-refractivity contribution in [3.05, 3.63) is 53.7 Å². The largest absolute Gasteiger partial charge is 0.497 e. The molecule has 0 aliphatic heterocycles. The topological polar surface area (TPSA) is 99.2 Å². The molecule has 9 heteroatoms. The van der Waals surface area contributed by atoms with Crippen LogP contribution in [0.5, 0.6) is 5.75 Å². The average Bonchev–Trinajstić information content (AvgIpc) is 3.31. The molecule has 2 heterocycles. The van der Waals surface area contributed by atoms with E-state index in [1.807, 2.05) is 35.0 Å². The lowest BCUT2D eigenvalue weighted by atomic mass is 10.3. The van der Waals surface area contributed by atoms with E-state index in [4.69, 9.17) is 10.5 Å². The first-order valence-corrected chi connectivity index (χ1v) is 9.78. The minimum Gasteiger partial charge on any atom is -0.497 e. The predicted molar refractivity (Wildman–Crippen MR) is 107 cm³/mol. The fraction of sp³-hybridized carbons (Fsp3) is 0.167. The summed E-state index contributed by atoms with van der Waals surface area (Å²) in [6.07, 6.45) is 3.50. The SMILES string of the molecule is COc1cccc(-n2ccnc2SC(C)C(=O)Nc2sccc2C(N)=O)c1. The zero-order valence-corrected chi connectivity index (χ0v) is 16.3. The molecule has 27 heavy (non-hydrogen) atoms. The zero-order chi connectivity index (χ0) is 19.4. The highest BCUT2D eigenvalue weighted by atomic mass is 32.2. The van der Waals surface area contributed by atoms with E-state index in [1.54, 1.807) is 31.7 Å². The van der Waals surface area contributed by atoms with Gasteiger partial charge in [0.15, 0.2) is 5.16 Å². The number of methoxy groups -OCH3 is 1. The van der Waals surface area contributed by atoms with Crippen molar-refractivity contribution in [2.75, 3.05) is 12.4 Å². The van der Waals surface area contributed by atoms with Gasteiger partial charge in [0.2, 0.25) is 5.91 Å². The molecule has 0 spiro atoms. The molecular formula is C18H18N4O3S2. The molecular weight excluding hydrogens is 384 g/mol. The van der Waals surface area contributed by atoms with Crippen LogP contribution in [-0.2, 0) is 4.79 Å². The number of amides is 2. The highest BCUT2D eigenvalue weighted by Gasteiger charge is 2.20. The Hall–Kier alpha value is -2.78. The van der Waals surface area contributed by atoms with Crippen LogP contribution in [0.2, 0.25) is 0 Å². The molecule has 3 aromatic rings. The van der Waals surface area contributed by atoms with E-state index in [-0.39, 0.29) is 5.91 Å². The Balaban J connectivity index is 1.74. The van der Waals surface area contributed by atoms with Crippen LogP contribution in [0.3, 0.4) is 0 Å². The van der Waals surface area contributed by atoms with Crippen molar-refractivity contribution in [3.63, 3.8) is 0 Å². The Bertz CT molecular complexity index is 967. The summed E-state index contributed by atoms with van der Waals surface area (Å²) in [7, 11) is 1.61. The fourth-order valence-electron chi connectivity index (χ4n) is 2.36. The predicted octanol–water partition coefficient (Wildman–Crippen LogP) is 3.16. The number of benzene rings is 1. The van der Waals surface area contributed by atoms with Crippen LogP contribution in [-0.4, -0.2) is 33.7 Å². The lowest BCUT2D eigenvalue weighted by Gasteiger charge is -2.13. The van der Waals surface area contributed by atoms with E-state index in [2.05, 4.69) is 10.3 Å². The summed E-state index contributed by atoms with van der Waals surface area (Å²) in [5, 5.41) is 5.17. The van der Waals surface area contributed by atoms with E-state index in [0.717, 1.165) is 11.4 Å². The molecule has 0 aliphatic carbocycles. The number of hydrogen-bond acceptors (Lipinski definition) is 6. The van der Waals surface area contributed by atoms with Gasteiger partial charge < -0.3 is 15.8 Å². The number of aromatic nitrogens is 2. The normalized spacial score (nSPS) is 11.8. The summed E-state index contributed by atoms with van der Waals surface area (Å²) in [4.78, 5) is 28.3. The summed E-state index contributed by atoms with van der Waals surface area (Å²) >= 11 is 2.58. The van der Waals surface area contributed by atoms with E-state index >= 15 is 0 Å². The Morgan fingerprint density at radius 3 is 2.93 bits per heavy atom. The standard InChI is InChI=1S/C18H18N4O3S2/c1-11(16(24)21-17-14(15(19)23)6-9-26-17)27-18-20-7-8-22(18)12-4-3-5-13(10-12)25-2/h3-11H,1-2H3,(H2,19,23)(H,21,24). The number of thiophene rings is 1. The number of ether oxygens (including phenoxy) is 1. The first kappa shape index (κ1) is 19.0. The first-order chi connectivity index (χ1) is 13.0. The summed E-state index contributed by atoms with van der Waals surface area (Å²) in [6.45, 7) is 1.78. The smallest absolute Gasteiger partial charge is 0.251 e. The van der Waals surface area contributed by atoms with E-state index < -0.39 is 11.2 Å². The van der Waals surface area contributed by atoms with Crippen LogP contribution in [0.15, 0.2) is 53.3 Å². The number of hydrogen-bond donors (Lipinski definition) is 2. The minimum absolute atomic E-state index is 0.231. The second-order valence-corrected chi connectivity index (χ2v) is 7.78. The molecule has 3 rings (SSSR count). The molecule has 0 saturated carbocycles. The van der Waals surface area contributed by atoms with Crippen molar-refractivity contribution >= 4 is 39.9 Å². The number of imidazole rings is 1. The highest BCUT2D eigenvalue weighted by Crippen LogP contribution is 2.28. The van der Waals surface area contributed by atoms with Gasteiger partial charge in [-0.25, -0.2) is 4.98 Å². The molecule has 0 radical (unpaired) electrons. The van der Waals surface area contributed by atoms with E-state index in [0.29, 0.717) is 15.7 Å². The maximum atomic E-state index is 12.5. The Morgan fingerprint density at radius 2 is 2.19 bits per heavy atom. The van der Waals surface area contributed by atoms with Gasteiger partial charge in [-0.1, -0.05) is 17.8 Å². The fourth-order valence-corrected chi connectivity index (χ4v) is 4.04. The third-order valence-corrected chi connectivity index (χ3v) is 5.67. The summed E-state index contributed by atoms with van der Waals surface area (Å²) in [6, 6.07) is 9.17. The molecule has 0 saturated heterocycles. The number of primary amides is 1. The number of nitrogens with two attached hydrogens (primary N) is 1. The Morgan fingerprint density at radius 1 is 1.37 bits per heavy atom.